The van der Waals surface area contributed by atoms with Crippen molar-refractivity contribution >= 4 is 17.1 Å². The fourth-order valence-electron chi connectivity index (χ4n) is 2.77. The molecule has 2 N–H and O–H groups in total. The predicted octanol–water partition coefficient (Wildman–Crippen LogP) is 3.69. The van der Waals surface area contributed by atoms with Crippen molar-refractivity contribution < 1.29 is 4.79 Å². The van der Waals surface area contributed by atoms with Crippen molar-refractivity contribution in [2.45, 2.75) is 0 Å². The highest BCUT2D eigenvalue weighted by molar-refractivity contribution is 5.93. The zero-order chi connectivity index (χ0) is 16.5. The van der Waals surface area contributed by atoms with Crippen LogP contribution in [0, 0.1) is 0 Å². The number of aromatic nitrogens is 3. The second kappa shape index (κ2) is 5.62. The molecule has 24 heavy (non-hydrogen) atoms. The van der Waals surface area contributed by atoms with Crippen molar-refractivity contribution in [1.82, 2.24) is 14.8 Å². The summed E-state index contributed by atoms with van der Waals surface area (Å²) in [5.74, 6) is 0. The summed E-state index contributed by atoms with van der Waals surface area (Å²) in [7, 11) is 0. The van der Waals surface area contributed by atoms with Gasteiger partial charge in [0.15, 0.2) is 5.65 Å². The van der Waals surface area contributed by atoms with Crippen LogP contribution in [0.5, 0.6) is 0 Å². The Morgan fingerprint density at radius 2 is 1.54 bits per heavy atom. The van der Waals surface area contributed by atoms with Crippen LogP contribution < -0.4 is 5.73 Å². The molecular formula is C19H14N4O. The molecule has 5 heteroatoms. The van der Waals surface area contributed by atoms with E-state index in [-0.39, 0.29) is 0 Å². The summed E-state index contributed by atoms with van der Waals surface area (Å²) in [6.45, 7) is 0. The number of hydrogen-bond donors (Lipinski definition) is 1. The molecule has 5 nitrogen and oxygen atoms in total. The Hall–Kier alpha value is -3.47. The largest absolute Gasteiger partial charge is 0.350 e. The van der Waals surface area contributed by atoms with Gasteiger partial charge in [0.2, 0.25) is 0 Å². The van der Waals surface area contributed by atoms with Crippen LogP contribution in [-0.4, -0.2) is 20.8 Å². The molecule has 2 heterocycles. The quantitative estimate of drug-likeness (QED) is 0.613. The van der Waals surface area contributed by atoms with Gasteiger partial charge < -0.3 is 5.73 Å². The molecule has 0 saturated heterocycles. The van der Waals surface area contributed by atoms with Crippen molar-refractivity contribution in [3.63, 3.8) is 0 Å². The lowest BCUT2D eigenvalue weighted by molar-refractivity contribution is 0.248. The maximum atomic E-state index is 11.6. The van der Waals surface area contributed by atoms with E-state index in [2.05, 4.69) is 5.10 Å². The minimum Gasteiger partial charge on any atom is -0.350 e. The van der Waals surface area contributed by atoms with E-state index in [9.17, 15) is 4.79 Å². The van der Waals surface area contributed by atoms with Crippen molar-refractivity contribution in [2.75, 3.05) is 0 Å². The van der Waals surface area contributed by atoms with E-state index in [1.54, 1.807) is 6.20 Å². The Balaban J connectivity index is 2.05. The van der Waals surface area contributed by atoms with E-state index in [4.69, 9.17) is 10.7 Å². The first-order valence-corrected chi connectivity index (χ1v) is 7.53. The van der Waals surface area contributed by atoms with E-state index < -0.39 is 6.03 Å². The minimum atomic E-state index is -0.649. The van der Waals surface area contributed by atoms with Gasteiger partial charge in [-0.1, -0.05) is 60.7 Å². The molecule has 4 rings (SSSR count). The summed E-state index contributed by atoms with van der Waals surface area (Å²) >= 11 is 0. The molecule has 116 valence electrons. The number of fused-ring (bicyclic) bond motifs is 1. The van der Waals surface area contributed by atoms with Gasteiger partial charge in [0, 0.05) is 16.5 Å². The van der Waals surface area contributed by atoms with Gasteiger partial charge in [-0.05, 0) is 11.6 Å². The first-order valence-electron chi connectivity index (χ1n) is 7.53. The van der Waals surface area contributed by atoms with Gasteiger partial charge in [-0.3, -0.25) is 0 Å². The SMILES string of the molecule is NC(=O)n1ncc2cc(-c3ccccc3)c(-c3ccccc3)nc21. The number of hydrogen-bond acceptors (Lipinski definition) is 3. The number of primary amides is 1. The molecule has 0 spiro atoms. The van der Waals surface area contributed by atoms with Gasteiger partial charge in [-0.25, -0.2) is 9.78 Å². The van der Waals surface area contributed by atoms with Crippen LogP contribution in [0.15, 0.2) is 72.9 Å². The Morgan fingerprint density at radius 3 is 2.17 bits per heavy atom. The van der Waals surface area contributed by atoms with Gasteiger partial charge >= 0.3 is 6.03 Å². The molecule has 0 bridgehead atoms. The molecule has 2 aromatic carbocycles. The van der Waals surface area contributed by atoms with Gasteiger partial charge in [-0.2, -0.15) is 9.78 Å². The van der Waals surface area contributed by atoms with E-state index in [0.29, 0.717) is 5.65 Å². The first-order chi connectivity index (χ1) is 11.7. The van der Waals surface area contributed by atoms with Gasteiger partial charge in [0.25, 0.3) is 0 Å². The molecule has 2 aromatic heterocycles. The second-order valence-electron chi connectivity index (χ2n) is 5.42. The number of carbonyl (C=O) groups is 1. The molecule has 0 atom stereocenters. The molecular weight excluding hydrogens is 300 g/mol. The monoisotopic (exact) mass is 314 g/mol. The Bertz CT molecular complexity index is 1020. The Labute approximate surface area is 138 Å². The fourth-order valence-corrected chi connectivity index (χ4v) is 2.77. The third-order valence-electron chi connectivity index (χ3n) is 3.88. The average molecular weight is 314 g/mol. The number of benzene rings is 2. The van der Waals surface area contributed by atoms with Crippen molar-refractivity contribution in [1.29, 1.82) is 0 Å². The summed E-state index contributed by atoms with van der Waals surface area (Å²) in [6.07, 6.45) is 1.61. The Kier molecular flexibility index (Phi) is 3.31. The maximum Gasteiger partial charge on any atom is 0.341 e. The number of rotatable bonds is 2. The fraction of sp³-hybridized carbons (Fsp3) is 0. The molecule has 0 radical (unpaired) electrons. The number of carbonyl (C=O) groups excluding carboxylic acids is 1. The lowest BCUT2D eigenvalue weighted by Crippen LogP contribution is -2.21. The Morgan fingerprint density at radius 1 is 0.917 bits per heavy atom. The highest BCUT2D eigenvalue weighted by Crippen LogP contribution is 2.33. The summed E-state index contributed by atoms with van der Waals surface area (Å²) in [5.41, 5.74) is 9.64. The summed E-state index contributed by atoms with van der Waals surface area (Å²) in [6, 6.07) is 21.2. The normalized spacial score (nSPS) is 10.8. The van der Waals surface area contributed by atoms with Crippen LogP contribution in [-0.2, 0) is 0 Å². The van der Waals surface area contributed by atoms with E-state index in [1.165, 1.54) is 0 Å². The minimum absolute atomic E-state index is 0.459. The van der Waals surface area contributed by atoms with Crippen LogP contribution in [0.2, 0.25) is 0 Å². The molecule has 0 saturated carbocycles. The summed E-state index contributed by atoms with van der Waals surface area (Å²) in [5, 5.41) is 4.81. The summed E-state index contributed by atoms with van der Waals surface area (Å²) in [4.78, 5) is 16.3. The molecule has 1 amide bonds. The van der Waals surface area contributed by atoms with Crippen LogP contribution in [0.3, 0.4) is 0 Å². The van der Waals surface area contributed by atoms with E-state index in [1.807, 2.05) is 66.7 Å². The van der Waals surface area contributed by atoms with Gasteiger partial charge in [-0.15, -0.1) is 0 Å². The molecule has 0 fully saturated rings. The third kappa shape index (κ3) is 2.32. The highest BCUT2D eigenvalue weighted by Gasteiger charge is 2.15. The van der Waals surface area contributed by atoms with Gasteiger partial charge in [0.05, 0.1) is 11.9 Å². The number of nitrogens with zero attached hydrogens (tertiary/aromatic N) is 3. The van der Waals surface area contributed by atoms with Crippen LogP contribution in [0.4, 0.5) is 4.79 Å². The van der Waals surface area contributed by atoms with Crippen LogP contribution in [0.25, 0.3) is 33.4 Å². The van der Waals surface area contributed by atoms with Crippen molar-refractivity contribution in [3.05, 3.63) is 72.9 Å². The van der Waals surface area contributed by atoms with Crippen LogP contribution >= 0.6 is 0 Å². The highest BCUT2D eigenvalue weighted by atomic mass is 16.2. The standard InChI is InChI=1S/C19H14N4O/c20-19(24)23-18-15(12-21-23)11-16(13-7-3-1-4-8-13)17(22-18)14-9-5-2-6-10-14/h1-12H,(H2,20,24). The third-order valence-corrected chi connectivity index (χ3v) is 3.88. The van der Waals surface area contributed by atoms with Gasteiger partial charge in [0.1, 0.15) is 0 Å². The molecule has 0 aliphatic rings. The zero-order valence-electron chi connectivity index (χ0n) is 12.8. The van der Waals surface area contributed by atoms with E-state index in [0.717, 1.165) is 32.5 Å². The molecule has 0 unspecified atom stereocenters. The second-order valence-corrected chi connectivity index (χ2v) is 5.42. The zero-order valence-corrected chi connectivity index (χ0v) is 12.8. The predicted molar refractivity (Wildman–Crippen MR) is 93.4 cm³/mol. The lowest BCUT2D eigenvalue weighted by Gasteiger charge is -2.10. The molecule has 4 aromatic rings. The topological polar surface area (TPSA) is 73.8 Å². The van der Waals surface area contributed by atoms with Crippen LogP contribution in [0.1, 0.15) is 0 Å². The molecule has 0 aliphatic heterocycles. The number of amides is 1. The maximum absolute atomic E-state index is 11.6. The smallest absolute Gasteiger partial charge is 0.341 e. The number of pyridine rings is 1. The number of nitrogens with two attached hydrogens (primary N) is 1. The van der Waals surface area contributed by atoms with Crippen molar-refractivity contribution in [3.8, 4) is 22.4 Å². The lowest BCUT2D eigenvalue weighted by atomic mass is 9.98. The average Bonchev–Trinajstić information content (AvgIpc) is 3.05. The summed E-state index contributed by atoms with van der Waals surface area (Å²) < 4.78 is 1.12. The van der Waals surface area contributed by atoms with Crippen molar-refractivity contribution in [2.24, 2.45) is 5.73 Å². The first kappa shape index (κ1) is 14.1. The van der Waals surface area contributed by atoms with E-state index >= 15 is 0 Å². The molecule has 0 aliphatic carbocycles.